The van der Waals surface area contributed by atoms with Crippen molar-refractivity contribution in [1.82, 2.24) is 36.4 Å². The molecule has 0 aliphatic carbocycles. The molecule has 0 fully saturated rings. The molecule has 532 valence electrons. The van der Waals surface area contributed by atoms with Gasteiger partial charge < -0.3 is 90.3 Å². The Morgan fingerprint density at radius 1 is 0.323 bits per heavy atom. The van der Waals surface area contributed by atoms with Gasteiger partial charge in [-0.2, -0.15) is 0 Å². The predicted octanol–water partition coefficient (Wildman–Crippen LogP) is 2.08. The average molecular weight is 1330 g/mol. The number of nitrogens with one attached hydrogen (secondary N) is 5. The minimum Gasteiger partial charge on any atom is -0.480 e. The molecule has 7 amide bonds. The van der Waals surface area contributed by atoms with Crippen LogP contribution in [0.3, 0.4) is 0 Å². The fraction of sp³-hybridized carbons (Fsp3) is 0.770. The Labute approximate surface area is 543 Å². The van der Waals surface area contributed by atoms with Crippen LogP contribution in [0, 0.1) is 0 Å². The standard InChI is InChI=1S/C61H103N7O25/c1-7-9-10-11-12-13-14-15-16-17-18-20-48(69)63-42(56(78)79)21-27-49(70)65-44(58(82)83)24-31-53(74)68(4)47(61(87)93-40-38-91-36-34-89-6)26-32-54(75)67(3)46(59(84)85)25-30-52(73)64-43(57(80)81)22-28-51(72)66-45(60(86)92-39-37-90-35-33-88-5)23-29-50(71)62-41(19-8-2)55(76)77/h41-47H,7-40H2,1-6H3,(H,62,71)(H,63,69)(H,64,73)(H,65,70)(H,66,72)(H,76,77)(H,78,79)(H,80,81)(H,82,83)(H,84,85). The second-order valence-corrected chi connectivity index (χ2v) is 22.2. The van der Waals surface area contributed by atoms with E-state index in [0.717, 1.165) is 56.0 Å². The Morgan fingerprint density at radius 3 is 1.03 bits per heavy atom. The van der Waals surface area contributed by atoms with Gasteiger partial charge in [0.1, 0.15) is 55.5 Å². The quantitative estimate of drug-likeness (QED) is 0.0308. The number of carbonyl (C=O) groups excluding carboxylic acids is 9. The van der Waals surface area contributed by atoms with Gasteiger partial charge in [-0.05, 0) is 51.4 Å². The van der Waals surface area contributed by atoms with Gasteiger partial charge in [0.25, 0.3) is 0 Å². The van der Waals surface area contributed by atoms with Crippen LogP contribution in [-0.2, 0) is 95.5 Å². The molecule has 0 heterocycles. The summed E-state index contributed by atoms with van der Waals surface area (Å²) in [7, 11) is 5.14. The molecule has 0 aromatic heterocycles. The lowest BCUT2D eigenvalue weighted by atomic mass is 10.0. The third-order valence-electron chi connectivity index (χ3n) is 14.7. The highest BCUT2D eigenvalue weighted by Crippen LogP contribution is 2.17. The van der Waals surface area contributed by atoms with Crippen molar-refractivity contribution in [1.29, 1.82) is 0 Å². The van der Waals surface area contributed by atoms with Crippen molar-refractivity contribution < 1.29 is 121 Å². The maximum Gasteiger partial charge on any atom is 0.328 e. The maximum atomic E-state index is 13.6. The first-order valence-corrected chi connectivity index (χ1v) is 31.8. The lowest BCUT2D eigenvalue weighted by Gasteiger charge is -2.29. The molecule has 10 N–H and O–H groups in total. The molecule has 7 atom stereocenters. The van der Waals surface area contributed by atoms with E-state index < -0.39 is 190 Å². The Kier molecular flexibility index (Phi) is 47.6. The fourth-order valence-electron chi connectivity index (χ4n) is 9.21. The van der Waals surface area contributed by atoms with Gasteiger partial charge in [0, 0.05) is 73.3 Å². The molecular formula is C61H103N7O25. The van der Waals surface area contributed by atoms with E-state index in [4.69, 9.17) is 28.4 Å². The summed E-state index contributed by atoms with van der Waals surface area (Å²) >= 11 is 0. The number of hydrogen-bond acceptors (Lipinski definition) is 20. The van der Waals surface area contributed by atoms with E-state index >= 15 is 0 Å². The summed E-state index contributed by atoms with van der Waals surface area (Å²) < 4.78 is 30.9. The zero-order valence-corrected chi connectivity index (χ0v) is 54.9. The minimum absolute atomic E-state index is 0.0522. The first kappa shape index (κ1) is 85.4. The maximum absolute atomic E-state index is 13.6. The fourth-order valence-corrected chi connectivity index (χ4v) is 9.21. The summed E-state index contributed by atoms with van der Waals surface area (Å²) in [5, 5.41) is 60.8. The summed E-state index contributed by atoms with van der Waals surface area (Å²) in [6.07, 6.45) is 6.04. The number of likely N-dealkylation sites (N-methyl/N-ethyl adjacent to an activating group) is 2. The third kappa shape index (κ3) is 40.9. The van der Waals surface area contributed by atoms with Crippen LogP contribution in [0.4, 0.5) is 0 Å². The van der Waals surface area contributed by atoms with Gasteiger partial charge in [-0.3, -0.25) is 33.6 Å². The zero-order chi connectivity index (χ0) is 70.1. The van der Waals surface area contributed by atoms with Crippen LogP contribution in [0.2, 0.25) is 0 Å². The predicted molar refractivity (Wildman–Crippen MR) is 330 cm³/mol. The Bertz CT molecular complexity index is 2330. The number of hydrogen-bond donors (Lipinski definition) is 10. The number of carboxylic acid groups (broad SMARTS) is 5. The van der Waals surface area contributed by atoms with E-state index in [1.807, 2.05) is 0 Å². The van der Waals surface area contributed by atoms with E-state index in [1.54, 1.807) is 6.92 Å². The third-order valence-corrected chi connectivity index (χ3v) is 14.7. The second-order valence-electron chi connectivity index (χ2n) is 22.2. The normalized spacial score (nSPS) is 13.3. The van der Waals surface area contributed by atoms with Gasteiger partial charge in [0.2, 0.25) is 41.4 Å². The molecule has 0 aliphatic heterocycles. The Balaban J connectivity index is 5.83. The molecule has 0 saturated carbocycles. The number of carbonyl (C=O) groups is 14. The summed E-state index contributed by atoms with van der Waals surface area (Å²) in [5.41, 5.74) is 0. The minimum atomic E-state index is -1.74. The molecule has 32 nitrogen and oxygen atoms in total. The number of ether oxygens (including phenoxy) is 6. The van der Waals surface area contributed by atoms with Crippen LogP contribution in [0.15, 0.2) is 0 Å². The highest BCUT2D eigenvalue weighted by Gasteiger charge is 2.34. The zero-order valence-electron chi connectivity index (χ0n) is 54.9. The SMILES string of the molecule is CCCCCCCCCCCCCC(=O)NC(CCC(=O)NC(CCC(=O)N(C)C(CCC(=O)N(C)C(CCC(=O)NC(CCC(=O)NC(CCC(=O)NC(CCC)C(=O)O)C(=O)OCCOCCOC)C(=O)O)C(=O)O)C(=O)OCCOCCOC)C(=O)O)C(=O)O. The van der Waals surface area contributed by atoms with Gasteiger partial charge in [-0.15, -0.1) is 0 Å². The average Bonchev–Trinajstić information content (AvgIpc) is 1.12. The molecule has 32 heteroatoms. The van der Waals surface area contributed by atoms with Crippen LogP contribution in [-0.4, -0.2) is 242 Å². The topological polar surface area (TPSA) is 462 Å². The van der Waals surface area contributed by atoms with Crippen LogP contribution < -0.4 is 26.6 Å². The van der Waals surface area contributed by atoms with Gasteiger partial charge in [0.15, 0.2) is 0 Å². The first-order chi connectivity index (χ1) is 44.2. The van der Waals surface area contributed by atoms with Crippen LogP contribution in [0.1, 0.15) is 181 Å². The van der Waals surface area contributed by atoms with Gasteiger partial charge in [-0.25, -0.2) is 33.6 Å². The highest BCUT2D eigenvalue weighted by atomic mass is 16.6. The van der Waals surface area contributed by atoms with Crippen molar-refractivity contribution in [2.24, 2.45) is 0 Å². The smallest absolute Gasteiger partial charge is 0.328 e. The number of esters is 2. The lowest BCUT2D eigenvalue weighted by Crippen LogP contribution is -2.47. The molecule has 0 bridgehead atoms. The van der Waals surface area contributed by atoms with E-state index in [-0.39, 0.29) is 78.5 Å². The van der Waals surface area contributed by atoms with E-state index in [1.165, 1.54) is 46.3 Å². The van der Waals surface area contributed by atoms with Crippen molar-refractivity contribution in [2.45, 2.75) is 223 Å². The number of rotatable bonds is 58. The molecule has 0 spiro atoms. The van der Waals surface area contributed by atoms with Gasteiger partial charge in [0.05, 0.1) is 39.6 Å². The molecule has 0 aliphatic rings. The second kappa shape index (κ2) is 51.9. The van der Waals surface area contributed by atoms with Crippen molar-refractivity contribution in [3.63, 3.8) is 0 Å². The molecular weight excluding hydrogens is 1230 g/mol. The summed E-state index contributed by atoms with van der Waals surface area (Å²) in [4.78, 5) is 180. The van der Waals surface area contributed by atoms with Gasteiger partial charge in [-0.1, -0.05) is 84.5 Å². The molecule has 0 saturated heterocycles. The molecule has 0 radical (unpaired) electrons. The number of amides is 7. The van der Waals surface area contributed by atoms with Gasteiger partial charge >= 0.3 is 41.8 Å². The van der Waals surface area contributed by atoms with Crippen LogP contribution in [0.5, 0.6) is 0 Å². The number of unbranched alkanes of at least 4 members (excludes halogenated alkanes) is 10. The van der Waals surface area contributed by atoms with Crippen molar-refractivity contribution in [3.8, 4) is 0 Å². The van der Waals surface area contributed by atoms with E-state index in [2.05, 4.69) is 33.5 Å². The molecule has 93 heavy (non-hydrogen) atoms. The summed E-state index contributed by atoms with van der Waals surface area (Å²) in [6.45, 7) is 3.94. The van der Waals surface area contributed by atoms with Crippen LogP contribution in [0.25, 0.3) is 0 Å². The largest absolute Gasteiger partial charge is 0.480 e. The first-order valence-electron chi connectivity index (χ1n) is 31.8. The lowest BCUT2D eigenvalue weighted by molar-refractivity contribution is -0.157. The monoisotopic (exact) mass is 1330 g/mol. The Hall–Kier alpha value is -7.58. The summed E-state index contributed by atoms with van der Waals surface area (Å²) in [5.74, 6) is -15.3. The van der Waals surface area contributed by atoms with Crippen molar-refractivity contribution in [3.05, 3.63) is 0 Å². The molecule has 0 aromatic rings. The highest BCUT2D eigenvalue weighted by molar-refractivity contribution is 5.90. The van der Waals surface area contributed by atoms with Crippen LogP contribution >= 0.6 is 0 Å². The van der Waals surface area contributed by atoms with E-state index in [9.17, 15) is 92.7 Å². The summed E-state index contributed by atoms with van der Waals surface area (Å²) in [6, 6.07) is -10.8. The van der Waals surface area contributed by atoms with Crippen molar-refractivity contribution in [2.75, 3.05) is 81.2 Å². The number of aliphatic carboxylic acids is 5. The number of methoxy groups -OCH3 is 2. The molecule has 0 rings (SSSR count). The number of nitrogens with zero attached hydrogens (tertiary/aromatic N) is 2. The van der Waals surface area contributed by atoms with Crippen molar-refractivity contribution >= 4 is 83.1 Å². The Morgan fingerprint density at radius 2 is 0.634 bits per heavy atom. The molecule has 7 unspecified atom stereocenters. The number of carboxylic acids is 5. The van der Waals surface area contributed by atoms with E-state index in [0.29, 0.717) is 12.8 Å². The molecule has 0 aromatic carbocycles.